The van der Waals surface area contributed by atoms with Crippen molar-refractivity contribution in [1.29, 1.82) is 0 Å². The van der Waals surface area contributed by atoms with E-state index < -0.39 is 0 Å². The van der Waals surface area contributed by atoms with E-state index in [0.29, 0.717) is 6.54 Å². The number of hydrogen-bond donors (Lipinski definition) is 1. The van der Waals surface area contributed by atoms with Crippen molar-refractivity contribution in [1.82, 2.24) is 24.5 Å². The molecule has 0 spiro atoms. The number of anilines is 1. The van der Waals surface area contributed by atoms with Gasteiger partial charge in [0.15, 0.2) is 0 Å². The molecule has 0 bridgehead atoms. The van der Waals surface area contributed by atoms with Crippen LogP contribution in [0.15, 0.2) is 43.0 Å². The molecule has 6 nitrogen and oxygen atoms in total. The van der Waals surface area contributed by atoms with E-state index in [2.05, 4.69) is 15.2 Å². The van der Waals surface area contributed by atoms with Crippen LogP contribution in [0, 0.1) is 0 Å². The maximum absolute atomic E-state index is 5.96. The monoisotopic (exact) mass is 254 g/mol. The molecule has 0 aliphatic rings. The van der Waals surface area contributed by atoms with E-state index in [9.17, 15) is 0 Å². The van der Waals surface area contributed by atoms with Crippen LogP contribution in [0.2, 0.25) is 0 Å². The summed E-state index contributed by atoms with van der Waals surface area (Å²) in [6, 6.07) is 7.75. The third-order valence-corrected chi connectivity index (χ3v) is 3.01. The lowest BCUT2D eigenvalue weighted by Gasteiger charge is -2.02. The molecule has 0 atom stereocenters. The van der Waals surface area contributed by atoms with Gasteiger partial charge in [-0.05, 0) is 6.07 Å². The van der Waals surface area contributed by atoms with Crippen molar-refractivity contribution in [2.24, 2.45) is 7.05 Å². The molecule has 1 aromatic carbocycles. The zero-order chi connectivity index (χ0) is 13.2. The first-order valence-electron chi connectivity index (χ1n) is 5.94. The second-order valence-electron chi connectivity index (χ2n) is 4.31. The van der Waals surface area contributed by atoms with Gasteiger partial charge in [-0.2, -0.15) is 10.2 Å². The van der Waals surface area contributed by atoms with Gasteiger partial charge < -0.3 is 5.73 Å². The van der Waals surface area contributed by atoms with Crippen molar-refractivity contribution in [3.8, 4) is 11.1 Å². The summed E-state index contributed by atoms with van der Waals surface area (Å²) in [5.41, 5.74) is 8.70. The molecule has 0 amide bonds. The van der Waals surface area contributed by atoms with Crippen molar-refractivity contribution in [3.63, 3.8) is 0 Å². The van der Waals surface area contributed by atoms with Crippen molar-refractivity contribution in [3.05, 3.63) is 48.8 Å². The van der Waals surface area contributed by atoms with Gasteiger partial charge in [-0.1, -0.05) is 18.2 Å². The minimum Gasteiger partial charge on any atom is -0.398 e. The van der Waals surface area contributed by atoms with E-state index >= 15 is 0 Å². The SMILES string of the molecule is Cn1ncnc1Cn1cc(-c2ccccc2N)cn1. The van der Waals surface area contributed by atoms with E-state index in [1.54, 1.807) is 4.68 Å². The number of benzene rings is 1. The Bertz CT molecular complexity index is 696. The van der Waals surface area contributed by atoms with Gasteiger partial charge in [0.05, 0.1) is 6.20 Å². The van der Waals surface area contributed by atoms with Crippen LogP contribution in [0.3, 0.4) is 0 Å². The lowest BCUT2D eigenvalue weighted by Crippen LogP contribution is -2.06. The highest BCUT2D eigenvalue weighted by Gasteiger charge is 2.07. The molecule has 2 N–H and O–H groups in total. The highest BCUT2D eigenvalue weighted by molar-refractivity contribution is 5.75. The smallest absolute Gasteiger partial charge is 0.148 e. The van der Waals surface area contributed by atoms with Crippen molar-refractivity contribution >= 4 is 5.69 Å². The van der Waals surface area contributed by atoms with Gasteiger partial charge >= 0.3 is 0 Å². The van der Waals surface area contributed by atoms with Gasteiger partial charge in [0.1, 0.15) is 18.7 Å². The van der Waals surface area contributed by atoms with Gasteiger partial charge in [0.25, 0.3) is 0 Å². The van der Waals surface area contributed by atoms with Gasteiger partial charge in [-0.15, -0.1) is 0 Å². The molecular weight excluding hydrogens is 240 g/mol. The van der Waals surface area contributed by atoms with Gasteiger partial charge in [-0.3, -0.25) is 9.36 Å². The first kappa shape index (κ1) is 11.5. The Morgan fingerprint density at radius 2 is 2.05 bits per heavy atom. The van der Waals surface area contributed by atoms with E-state index in [4.69, 9.17) is 5.73 Å². The summed E-state index contributed by atoms with van der Waals surface area (Å²) in [4.78, 5) is 4.18. The maximum atomic E-state index is 5.96. The molecule has 6 heteroatoms. The van der Waals surface area contributed by atoms with Crippen LogP contribution >= 0.6 is 0 Å². The van der Waals surface area contributed by atoms with Crippen LogP contribution in [0.4, 0.5) is 5.69 Å². The minimum atomic E-state index is 0.587. The number of hydrogen-bond acceptors (Lipinski definition) is 4. The molecule has 0 saturated heterocycles. The average molecular weight is 254 g/mol. The molecule has 2 heterocycles. The molecule has 0 radical (unpaired) electrons. The van der Waals surface area contributed by atoms with Gasteiger partial charge in [0, 0.05) is 30.1 Å². The maximum Gasteiger partial charge on any atom is 0.148 e. The molecule has 3 rings (SSSR count). The summed E-state index contributed by atoms with van der Waals surface area (Å²) in [5, 5.41) is 8.37. The molecule has 3 aromatic rings. The largest absolute Gasteiger partial charge is 0.398 e. The lowest BCUT2D eigenvalue weighted by atomic mass is 10.1. The topological polar surface area (TPSA) is 74.5 Å². The second kappa shape index (κ2) is 4.56. The van der Waals surface area contributed by atoms with E-state index in [-0.39, 0.29) is 0 Å². The lowest BCUT2D eigenvalue weighted by molar-refractivity contribution is 0.608. The Labute approximate surface area is 110 Å². The number of rotatable bonds is 3. The van der Waals surface area contributed by atoms with Gasteiger partial charge in [-0.25, -0.2) is 4.98 Å². The zero-order valence-electron chi connectivity index (χ0n) is 10.6. The number of aryl methyl sites for hydroxylation is 1. The van der Waals surface area contributed by atoms with Gasteiger partial charge in [0.2, 0.25) is 0 Å². The average Bonchev–Trinajstić information content (AvgIpc) is 3.01. The molecule has 0 fully saturated rings. The summed E-state index contributed by atoms with van der Waals surface area (Å²) in [6.07, 6.45) is 5.30. The van der Waals surface area contributed by atoms with Crippen LogP contribution in [-0.4, -0.2) is 24.5 Å². The summed E-state index contributed by atoms with van der Waals surface area (Å²) in [6.45, 7) is 0.587. The van der Waals surface area contributed by atoms with E-state index in [1.807, 2.05) is 48.4 Å². The van der Waals surface area contributed by atoms with Crippen molar-refractivity contribution in [2.75, 3.05) is 5.73 Å². The highest BCUT2D eigenvalue weighted by atomic mass is 15.3. The number of aromatic nitrogens is 5. The number of nitrogens with two attached hydrogens (primary N) is 1. The second-order valence-corrected chi connectivity index (χ2v) is 4.31. The molecule has 2 aromatic heterocycles. The molecule has 19 heavy (non-hydrogen) atoms. The Morgan fingerprint density at radius 1 is 1.21 bits per heavy atom. The number of nitrogens with zero attached hydrogens (tertiary/aromatic N) is 5. The Morgan fingerprint density at radius 3 is 2.79 bits per heavy atom. The fraction of sp³-hybridized carbons (Fsp3) is 0.154. The number of para-hydroxylation sites is 1. The summed E-state index contributed by atoms with van der Waals surface area (Å²) in [5.74, 6) is 0.857. The Hall–Kier alpha value is -2.63. The van der Waals surface area contributed by atoms with E-state index in [0.717, 1.165) is 22.6 Å². The van der Waals surface area contributed by atoms with E-state index in [1.165, 1.54) is 6.33 Å². The van der Waals surface area contributed by atoms with Crippen molar-refractivity contribution in [2.45, 2.75) is 6.54 Å². The fourth-order valence-corrected chi connectivity index (χ4v) is 1.96. The Balaban J connectivity index is 1.88. The normalized spacial score (nSPS) is 10.8. The van der Waals surface area contributed by atoms with Crippen LogP contribution in [0.1, 0.15) is 5.82 Å². The quantitative estimate of drug-likeness (QED) is 0.715. The van der Waals surface area contributed by atoms with Crippen molar-refractivity contribution < 1.29 is 0 Å². The first-order valence-corrected chi connectivity index (χ1v) is 5.94. The summed E-state index contributed by atoms with van der Waals surface area (Å²) < 4.78 is 3.56. The molecule has 0 unspecified atom stereocenters. The predicted molar refractivity (Wildman–Crippen MR) is 72.2 cm³/mol. The molecule has 0 saturated carbocycles. The molecule has 0 aliphatic carbocycles. The van der Waals surface area contributed by atoms with Crippen LogP contribution in [-0.2, 0) is 13.6 Å². The summed E-state index contributed by atoms with van der Waals surface area (Å²) >= 11 is 0. The summed E-state index contributed by atoms with van der Waals surface area (Å²) in [7, 11) is 1.86. The van der Waals surface area contributed by atoms with Crippen LogP contribution in [0.25, 0.3) is 11.1 Å². The standard InChI is InChI=1S/C13H14N6/c1-18-13(15-9-17-18)8-19-7-10(6-16-19)11-4-2-3-5-12(11)14/h2-7,9H,8,14H2,1H3. The highest BCUT2D eigenvalue weighted by Crippen LogP contribution is 2.24. The third-order valence-electron chi connectivity index (χ3n) is 3.01. The van der Waals surface area contributed by atoms with Crippen LogP contribution in [0.5, 0.6) is 0 Å². The minimum absolute atomic E-state index is 0.587. The molecule has 0 aliphatic heterocycles. The van der Waals surface area contributed by atoms with Crippen LogP contribution < -0.4 is 5.73 Å². The molecule has 96 valence electrons. The first-order chi connectivity index (χ1) is 9.24. The third kappa shape index (κ3) is 2.20. The fourth-order valence-electron chi connectivity index (χ4n) is 1.96. The zero-order valence-corrected chi connectivity index (χ0v) is 10.6. The molecular formula is C13H14N6. The Kier molecular flexibility index (Phi) is 2.75. The number of nitrogen functional groups attached to an aromatic ring is 1. The predicted octanol–water partition coefficient (Wildman–Crippen LogP) is 1.31.